The molecule has 46 heavy (non-hydrogen) atoms. The third-order valence-electron chi connectivity index (χ3n) is 9.40. The molecule has 8 nitrogen and oxygen atoms in total. The van der Waals surface area contributed by atoms with E-state index in [1.807, 2.05) is 66.7 Å². The van der Waals surface area contributed by atoms with Crippen LogP contribution in [-0.2, 0) is 22.6 Å². The molecule has 8 heteroatoms. The number of amides is 2. The van der Waals surface area contributed by atoms with E-state index in [-0.39, 0.29) is 49.8 Å². The van der Waals surface area contributed by atoms with Gasteiger partial charge < -0.3 is 19.7 Å². The molecule has 236 valence electrons. The number of fused-ring (bicyclic) bond motifs is 1. The summed E-state index contributed by atoms with van der Waals surface area (Å²) in [5.74, 6) is -0.539. The third kappa shape index (κ3) is 6.15. The molecule has 0 aliphatic carbocycles. The van der Waals surface area contributed by atoms with Gasteiger partial charge in [0.25, 0.3) is 11.8 Å². The largest absolute Gasteiger partial charge is 0.395 e. The van der Waals surface area contributed by atoms with Crippen LogP contribution >= 0.6 is 0 Å². The molecule has 0 saturated carbocycles. The van der Waals surface area contributed by atoms with Gasteiger partial charge in [0.05, 0.1) is 43.1 Å². The molecule has 4 unspecified atom stereocenters. The first-order valence-electron chi connectivity index (χ1n) is 16.0. The highest BCUT2D eigenvalue weighted by Gasteiger charge is 2.36. The summed E-state index contributed by atoms with van der Waals surface area (Å²) in [6.07, 6.45) is 1.85. The van der Waals surface area contributed by atoms with E-state index < -0.39 is 6.29 Å². The smallest absolute Gasteiger partial charge is 0.261 e. The summed E-state index contributed by atoms with van der Waals surface area (Å²) >= 11 is 0. The van der Waals surface area contributed by atoms with Crippen molar-refractivity contribution in [1.29, 1.82) is 0 Å². The number of aliphatic hydroxyl groups is 2. The van der Waals surface area contributed by atoms with Crippen LogP contribution in [0.5, 0.6) is 0 Å². The van der Waals surface area contributed by atoms with Gasteiger partial charge in [-0.2, -0.15) is 0 Å². The molecular weight excluding hydrogens is 580 g/mol. The van der Waals surface area contributed by atoms with Crippen molar-refractivity contribution in [1.82, 2.24) is 9.80 Å². The van der Waals surface area contributed by atoms with Crippen molar-refractivity contribution in [3.05, 3.63) is 130 Å². The van der Waals surface area contributed by atoms with Crippen molar-refractivity contribution in [2.45, 2.75) is 57.0 Å². The Morgan fingerprint density at radius 2 is 1.46 bits per heavy atom. The highest BCUT2D eigenvalue weighted by atomic mass is 16.7. The molecule has 7 rings (SSSR count). The number of hydrogen-bond acceptors (Lipinski definition) is 7. The molecule has 0 spiro atoms. The minimum Gasteiger partial charge on any atom is -0.395 e. The minimum absolute atomic E-state index is 0.00996. The summed E-state index contributed by atoms with van der Waals surface area (Å²) in [7, 11) is 0. The van der Waals surface area contributed by atoms with Gasteiger partial charge in [0.2, 0.25) is 0 Å². The lowest BCUT2D eigenvalue weighted by atomic mass is 9.98. The normalized spacial score (nSPS) is 23.2. The van der Waals surface area contributed by atoms with Crippen LogP contribution in [0.4, 0.5) is 0 Å². The topological polar surface area (TPSA) is 99.5 Å². The molecule has 2 amide bonds. The Balaban J connectivity index is 1.13. The lowest BCUT2D eigenvalue weighted by Gasteiger charge is -2.38. The molecule has 3 aliphatic rings. The van der Waals surface area contributed by atoms with Gasteiger partial charge >= 0.3 is 0 Å². The van der Waals surface area contributed by atoms with Gasteiger partial charge in [0.1, 0.15) is 0 Å². The summed E-state index contributed by atoms with van der Waals surface area (Å²) in [6.45, 7) is 1.99. The summed E-state index contributed by atoms with van der Waals surface area (Å²) < 4.78 is 13.2. The van der Waals surface area contributed by atoms with Crippen molar-refractivity contribution in [2.24, 2.45) is 0 Å². The third-order valence-corrected chi connectivity index (χ3v) is 9.40. The Bertz CT molecular complexity index is 1690. The van der Waals surface area contributed by atoms with Gasteiger partial charge in [-0.15, -0.1) is 0 Å². The van der Waals surface area contributed by atoms with Crippen LogP contribution in [-0.4, -0.2) is 63.7 Å². The van der Waals surface area contributed by atoms with Gasteiger partial charge in [-0.3, -0.25) is 19.4 Å². The molecule has 0 bridgehead atoms. The second-order valence-electron chi connectivity index (χ2n) is 12.4. The van der Waals surface area contributed by atoms with Gasteiger partial charge in [0.15, 0.2) is 6.29 Å². The van der Waals surface area contributed by atoms with E-state index in [1.54, 1.807) is 24.3 Å². The van der Waals surface area contributed by atoms with Crippen molar-refractivity contribution in [3.8, 4) is 11.1 Å². The number of nitrogens with zero attached hydrogens (tertiary/aromatic N) is 2. The second-order valence-corrected chi connectivity index (χ2v) is 12.4. The standard InChI is InChI=1S/C38H38N2O6/c41-23-25-13-15-27(16-14-25)35-20-32(22-39-17-5-10-31(39)24-42)45-38(46-35)30-9-4-8-29(19-30)28-7-3-6-26(18-28)21-40-36(43)33-11-1-2-12-34(33)37(40)44/h1-4,6-9,11-16,18-19,31-32,35,38,41-42H,5,10,17,20-24H2. The number of carbonyl (C=O) groups is 2. The van der Waals surface area contributed by atoms with E-state index in [0.717, 1.165) is 59.3 Å². The molecule has 3 heterocycles. The molecule has 4 aromatic carbocycles. The number of ether oxygens (including phenoxy) is 2. The lowest BCUT2D eigenvalue weighted by molar-refractivity contribution is -0.253. The monoisotopic (exact) mass is 618 g/mol. The molecular formula is C38H38N2O6. The van der Waals surface area contributed by atoms with E-state index in [0.29, 0.717) is 17.5 Å². The average molecular weight is 619 g/mol. The maximum Gasteiger partial charge on any atom is 0.261 e. The van der Waals surface area contributed by atoms with Crippen LogP contribution in [0.2, 0.25) is 0 Å². The Morgan fingerprint density at radius 3 is 2.17 bits per heavy atom. The first-order valence-corrected chi connectivity index (χ1v) is 16.0. The van der Waals surface area contributed by atoms with Crippen LogP contribution in [0, 0.1) is 0 Å². The maximum atomic E-state index is 13.0. The fourth-order valence-electron chi connectivity index (χ4n) is 6.92. The number of imide groups is 1. The predicted molar refractivity (Wildman–Crippen MR) is 173 cm³/mol. The Kier molecular flexibility index (Phi) is 8.80. The molecule has 0 aromatic heterocycles. The van der Waals surface area contributed by atoms with Crippen molar-refractivity contribution < 1.29 is 29.3 Å². The van der Waals surface area contributed by atoms with Crippen LogP contribution < -0.4 is 0 Å². The van der Waals surface area contributed by atoms with Crippen molar-refractivity contribution in [2.75, 3.05) is 19.7 Å². The quantitative estimate of drug-likeness (QED) is 0.234. The van der Waals surface area contributed by atoms with E-state index in [1.165, 1.54) is 4.90 Å². The highest BCUT2D eigenvalue weighted by Crippen LogP contribution is 2.39. The second kappa shape index (κ2) is 13.3. The van der Waals surface area contributed by atoms with Crippen LogP contribution in [0.15, 0.2) is 97.1 Å². The SMILES string of the molecule is O=C1c2ccccc2C(=O)N1Cc1cccc(-c2cccc(C3OC(CN4CCCC4CO)CC(c4ccc(CO)cc4)O3)c2)c1. The molecule has 3 aliphatic heterocycles. The molecule has 2 N–H and O–H groups in total. The first kappa shape index (κ1) is 30.5. The predicted octanol–water partition coefficient (Wildman–Crippen LogP) is 5.64. The fourth-order valence-corrected chi connectivity index (χ4v) is 6.92. The van der Waals surface area contributed by atoms with Crippen molar-refractivity contribution >= 4 is 11.8 Å². The van der Waals surface area contributed by atoms with Gasteiger partial charge in [0, 0.05) is 24.6 Å². The molecule has 4 aromatic rings. The summed E-state index contributed by atoms with van der Waals surface area (Å²) in [5.41, 5.74) is 6.46. The molecule has 4 atom stereocenters. The van der Waals surface area contributed by atoms with E-state index in [2.05, 4.69) is 11.0 Å². The summed E-state index contributed by atoms with van der Waals surface area (Å²) in [4.78, 5) is 29.6. The number of benzene rings is 4. The molecule has 2 fully saturated rings. The Hall–Kier alpha value is -4.18. The molecule has 2 saturated heterocycles. The maximum absolute atomic E-state index is 13.0. The summed E-state index contributed by atoms with van der Waals surface area (Å²) in [5, 5.41) is 19.5. The average Bonchev–Trinajstić information content (AvgIpc) is 3.66. The Labute approximate surface area is 268 Å². The zero-order valence-corrected chi connectivity index (χ0v) is 25.6. The van der Waals surface area contributed by atoms with Gasteiger partial charge in [-0.05, 0) is 71.5 Å². The van der Waals surface area contributed by atoms with E-state index >= 15 is 0 Å². The van der Waals surface area contributed by atoms with E-state index in [4.69, 9.17) is 9.47 Å². The van der Waals surface area contributed by atoms with Crippen molar-refractivity contribution in [3.63, 3.8) is 0 Å². The minimum atomic E-state index is -0.599. The number of aliphatic hydroxyl groups excluding tert-OH is 2. The van der Waals surface area contributed by atoms with Crippen LogP contribution in [0.3, 0.4) is 0 Å². The first-order chi connectivity index (χ1) is 22.5. The Morgan fingerprint density at radius 1 is 0.739 bits per heavy atom. The zero-order chi connectivity index (χ0) is 31.6. The number of hydrogen-bond donors (Lipinski definition) is 2. The van der Waals surface area contributed by atoms with Crippen LogP contribution in [0.25, 0.3) is 11.1 Å². The molecule has 0 radical (unpaired) electrons. The number of likely N-dealkylation sites (tertiary alicyclic amines) is 1. The number of carbonyl (C=O) groups excluding carboxylic acids is 2. The van der Waals surface area contributed by atoms with Gasteiger partial charge in [-0.25, -0.2) is 0 Å². The zero-order valence-electron chi connectivity index (χ0n) is 25.6. The number of rotatable bonds is 9. The van der Waals surface area contributed by atoms with E-state index in [9.17, 15) is 19.8 Å². The fraction of sp³-hybridized carbons (Fsp3) is 0.316. The summed E-state index contributed by atoms with van der Waals surface area (Å²) in [6, 6.07) is 31.0. The highest BCUT2D eigenvalue weighted by molar-refractivity contribution is 6.21. The van der Waals surface area contributed by atoms with Crippen LogP contribution in [0.1, 0.15) is 74.6 Å². The van der Waals surface area contributed by atoms with Gasteiger partial charge in [-0.1, -0.05) is 72.8 Å². The lowest BCUT2D eigenvalue weighted by Crippen LogP contribution is -2.42.